The van der Waals surface area contributed by atoms with Gasteiger partial charge in [-0.2, -0.15) is 0 Å². The molecule has 1 aliphatic heterocycles. The van der Waals surface area contributed by atoms with Crippen LogP contribution < -0.4 is 0 Å². The van der Waals surface area contributed by atoms with Gasteiger partial charge >= 0.3 is 11.9 Å². The first-order chi connectivity index (χ1) is 26.3. The molecule has 0 aliphatic carbocycles. The zero-order valence-corrected chi connectivity index (χ0v) is 34.0. The van der Waals surface area contributed by atoms with Crippen molar-refractivity contribution in [2.24, 2.45) is 0 Å². The summed E-state index contributed by atoms with van der Waals surface area (Å²) in [5, 5.41) is 40.0. The number of carbonyl (C=O) groups excluding carboxylic acids is 2. The van der Waals surface area contributed by atoms with Gasteiger partial charge in [-0.05, 0) is 64.2 Å². The molecule has 54 heavy (non-hydrogen) atoms. The van der Waals surface area contributed by atoms with Crippen LogP contribution in [0.5, 0.6) is 0 Å². The number of esters is 2. The van der Waals surface area contributed by atoms with E-state index in [2.05, 4.69) is 50.3 Å². The van der Waals surface area contributed by atoms with Crippen molar-refractivity contribution in [3.63, 3.8) is 0 Å². The Morgan fingerprint density at radius 1 is 0.574 bits per heavy atom. The highest BCUT2D eigenvalue weighted by Gasteiger charge is 2.44. The summed E-state index contributed by atoms with van der Waals surface area (Å²) in [4.78, 5) is 25.3. The summed E-state index contributed by atoms with van der Waals surface area (Å²) in [6.07, 6.45) is 31.4. The Bertz CT molecular complexity index is 980. The fraction of sp³-hybridized carbons (Fsp3) is 0.818. The molecule has 1 aliphatic rings. The fourth-order valence-corrected chi connectivity index (χ4v) is 6.29. The molecule has 1 fully saturated rings. The van der Waals surface area contributed by atoms with Crippen LogP contribution in [-0.2, 0) is 28.5 Å². The Kier molecular flexibility index (Phi) is 32.7. The van der Waals surface area contributed by atoms with Crippen LogP contribution in [0.1, 0.15) is 174 Å². The van der Waals surface area contributed by atoms with Gasteiger partial charge < -0.3 is 39.4 Å². The van der Waals surface area contributed by atoms with Crippen molar-refractivity contribution < 1.29 is 49.0 Å². The number of aliphatic hydroxyl groups is 4. The lowest BCUT2D eigenvalue weighted by Crippen LogP contribution is -2.59. The van der Waals surface area contributed by atoms with Gasteiger partial charge in [0.1, 0.15) is 31.0 Å². The average Bonchev–Trinajstić information content (AvgIpc) is 3.17. The van der Waals surface area contributed by atoms with Crippen molar-refractivity contribution in [1.29, 1.82) is 0 Å². The SMILES string of the molecule is CCCCCC/C=C/C=C/CCCCCCCC(=O)O[C@@H](COC(=O)CCCCCCC/C=C/CCCCCCC)CO[C@H]1O[C@@H](CO)[C@@H](O)C(O)C1O. The molecule has 0 aromatic rings. The van der Waals surface area contributed by atoms with E-state index in [0.29, 0.717) is 12.8 Å². The minimum absolute atomic E-state index is 0.211. The molecule has 1 saturated heterocycles. The minimum Gasteiger partial charge on any atom is -0.462 e. The second kappa shape index (κ2) is 35.3. The molecule has 314 valence electrons. The fourth-order valence-electron chi connectivity index (χ4n) is 6.29. The number of allylic oxidation sites excluding steroid dienone is 6. The van der Waals surface area contributed by atoms with E-state index in [4.69, 9.17) is 18.9 Å². The van der Waals surface area contributed by atoms with Gasteiger partial charge in [-0.1, -0.05) is 134 Å². The third-order valence-electron chi connectivity index (χ3n) is 9.78. The lowest BCUT2D eigenvalue weighted by Gasteiger charge is -2.39. The Balaban J connectivity index is 2.38. The molecule has 0 bridgehead atoms. The predicted molar refractivity (Wildman–Crippen MR) is 215 cm³/mol. The van der Waals surface area contributed by atoms with Gasteiger partial charge in [0.2, 0.25) is 0 Å². The van der Waals surface area contributed by atoms with E-state index in [1.54, 1.807) is 0 Å². The van der Waals surface area contributed by atoms with Gasteiger partial charge in [-0.25, -0.2) is 0 Å². The van der Waals surface area contributed by atoms with Crippen LogP contribution in [0.2, 0.25) is 0 Å². The van der Waals surface area contributed by atoms with Crippen molar-refractivity contribution in [3.05, 3.63) is 36.5 Å². The number of unbranched alkanes of at least 4 members (excludes halogenated alkanes) is 19. The topological polar surface area (TPSA) is 152 Å². The van der Waals surface area contributed by atoms with Crippen LogP contribution >= 0.6 is 0 Å². The third kappa shape index (κ3) is 26.7. The molecule has 1 rings (SSSR count). The van der Waals surface area contributed by atoms with Crippen molar-refractivity contribution in [1.82, 2.24) is 0 Å². The molecular weight excluding hydrogens is 688 g/mol. The van der Waals surface area contributed by atoms with Crippen LogP contribution in [0, 0.1) is 0 Å². The van der Waals surface area contributed by atoms with Crippen molar-refractivity contribution in [2.75, 3.05) is 19.8 Å². The van der Waals surface area contributed by atoms with E-state index in [-0.39, 0.29) is 32.0 Å². The molecule has 0 spiro atoms. The maximum atomic E-state index is 12.7. The first-order valence-corrected chi connectivity index (χ1v) is 21.6. The van der Waals surface area contributed by atoms with Gasteiger partial charge in [-0.15, -0.1) is 0 Å². The zero-order chi connectivity index (χ0) is 39.5. The normalized spacial score (nSPS) is 21.0. The summed E-state index contributed by atoms with van der Waals surface area (Å²) in [5.41, 5.74) is 0. The summed E-state index contributed by atoms with van der Waals surface area (Å²) in [5.74, 6) is -0.835. The molecular formula is C44H78O10. The molecule has 0 aromatic carbocycles. The number of rotatable bonds is 35. The molecule has 0 amide bonds. The van der Waals surface area contributed by atoms with E-state index >= 15 is 0 Å². The summed E-state index contributed by atoms with van der Waals surface area (Å²) < 4.78 is 22.1. The molecule has 1 heterocycles. The number of aliphatic hydroxyl groups excluding tert-OH is 4. The first kappa shape index (κ1) is 49.9. The van der Waals surface area contributed by atoms with Crippen molar-refractivity contribution >= 4 is 11.9 Å². The monoisotopic (exact) mass is 767 g/mol. The molecule has 2 unspecified atom stereocenters. The quantitative estimate of drug-likeness (QED) is 0.0213. The highest BCUT2D eigenvalue weighted by atomic mass is 16.7. The summed E-state index contributed by atoms with van der Waals surface area (Å²) in [6, 6.07) is 0. The predicted octanol–water partition coefficient (Wildman–Crippen LogP) is 8.72. The number of hydrogen-bond acceptors (Lipinski definition) is 10. The van der Waals surface area contributed by atoms with E-state index in [1.807, 2.05) is 0 Å². The molecule has 0 aromatic heterocycles. The number of hydrogen-bond donors (Lipinski definition) is 4. The Morgan fingerprint density at radius 2 is 1.04 bits per heavy atom. The maximum absolute atomic E-state index is 12.7. The van der Waals surface area contributed by atoms with E-state index in [9.17, 15) is 30.0 Å². The van der Waals surface area contributed by atoms with Crippen LogP contribution in [0.25, 0.3) is 0 Å². The van der Waals surface area contributed by atoms with E-state index in [1.165, 1.54) is 64.2 Å². The Labute approximate surface area is 327 Å². The highest BCUT2D eigenvalue weighted by molar-refractivity contribution is 5.70. The van der Waals surface area contributed by atoms with Crippen LogP contribution in [-0.4, -0.2) is 89.0 Å². The largest absolute Gasteiger partial charge is 0.462 e. The number of carbonyl (C=O) groups is 2. The zero-order valence-electron chi connectivity index (χ0n) is 34.0. The molecule has 10 nitrogen and oxygen atoms in total. The smallest absolute Gasteiger partial charge is 0.306 e. The lowest BCUT2D eigenvalue weighted by atomic mass is 9.99. The molecule has 10 heteroatoms. The van der Waals surface area contributed by atoms with Gasteiger partial charge in [0, 0.05) is 12.8 Å². The molecule has 0 radical (unpaired) electrons. The summed E-state index contributed by atoms with van der Waals surface area (Å²) >= 11 is 0. The van der Waals surface area contributed by atoms with E-state index in [0.717, 1.165) is 70.6 Å². The standard InChI is InChI=1S/C44H78O10/c1-3-5-7-9-11-13-15-17-19-21-23-25-27-29-31-33-40(47)53-37(36-52-44-43(50)42(49)41(48)38(34-45)54-44)35-51-39(46)32-30-28-26-24-22-20-18-16-14-12-10-8-6-4-2/h13,15-19,37-38,41-45,48-50H,3-12,14,20-36H2,1-2H3/b15-13+,18-16+,19-17+/t37-,38-,41+,42?,43?,44-/m0/s1. The van der Waals surface area contributed by atoms with Gasteiger partial charge in [0.25, 0.3) is 0 Å². The maximum Gasteiger partial charge on any atom is 0.306 e. The van der Waals surface area contributed by atoms with Crippen LogP contribution in [0.15, 0.2) is 36.5 Å². The van der Waals surface area contributed by atoms with Crippen LogP contribution in [0.4, 0.5) is 0 Å². The lowest BCUT2D eigenvalue weighted by molar-refractivity contribution is -0.305. The Morgan fingerprint density at radius 3 is 1.57 bits per heavy atom. The first-order valence-electron chi connectivity index (χ1n) is 21.6. The van der Waals surface area contributed by atoms with Gasteiger partial charge in [0.05, 0.1) is 13.2 Å². The molecule has 4 N–H and O–H groups in total. The minimum atomic E-state index is -1.60. The van der Waals surface area contributed by atoms with Gasteiger partial charge in [-0.3, -0.25) is 9.59 Å². The average molecular weight is 767 g/mol. The van der Waals surface area contributed by atoms with E-state index < -0.39 is 49.4 Å². The van der Waals surface area contributed by atoms with Crippen LogP contribution in [0.3, 0.4) is 0 Å². The second-order valence-corrected chi connectivity index (χ2v) is 14.8. The van der Waals surface area contributed by atoms with Crippen molar-refractivity contribution in [2.45, 2.75) is 211 Å². The summed E-state index contributed by atoms with van der Waals surface area (Å²) in [7, 11) is 0. The van der Waals surface area contributed by atoms with Crippen molar-refractivity contribution in [3.8, 4) is 0 Å². The second-order valence-electron chi connectivity index (χ2n) is 14.8. The van der Waals surface area contributed by atoms with Gasteiger partial charge in [0.15, 0.2) is 12.4 Å². The summed E-state index contributed by atoms with van der Waals surface area (Å²) in [6.45, 7) is 3.36. The Hall–Kier alpha value is -2.08. The number of ether oxygens (including phenoxy) is 4. The highest BCUT2D eigenvalue weighted by Crippen LogP contribution is 2.22. The third-order valence-corrected chi connectivity index (χ3v) is 9.78. The molecule has 6 atom stereocenters. The molecule has 0 saturated carbocycles.